The molecule has 0 saturated carbocycles. The molecule has 0 aliphatic rings. The molecule has 138 valence electrons. The van der Waals surface area contributed by atoms with Crippen LogP contribution in [0.2, 0.25) is 5.02 Å². The number of nitrogens with one attached hydrogen (secondary N) is 1. The van der Waals surface area contributed by atoms with Gasteiger partial charge < -0.3 is 19.5 Å². The van der Waals surface area contributed by atoms with Gasteiger partial charge >= 0.3 is 11.9 Å². The van der Waals surface area contributed by atoms with Gasteiger partial charge in [0.2, 0.25) is 11.4 Å². The largest absolute Gasteiger partial charge is 0.495 e. The number of carbonyl (C=O) groups is 3. The third-order valence-electron chi connectivity index (χ3n) is 3.32. The number of amides is 1. The van der Waals surface area contributed by atoms with Gasteiger partial charge in [-0.3, -0.25) is 4.79 Å². The molecule has 0 radical (unpaired) electrons. The molecule has 8 heteroatoms. The van der Waals surface area contributed by atoms with Crippen molar-refractivity contribution >= 4 is 29.4 Å². The number of ether oxygens (including phenoxy) is 3. The number of methoxy groups -OCH3 is 1. The molecular formula is C17H22ClNO6. The van der Waals surface area contributed by atoms with Gasteiger partial charge in [-0.15, -0.1) is 0 Å². The van der Waals surface area contributed by atoms with Crippen LogP contribution >= 0.6 is 11.6 Å². The second-order valence-electron chi connectivity index (χ2n) is 5.17. The van der Waals surface area contributed by atoms with E-state index in [0.717, 1.165) is 0 Å². The Morgan fingerprint density at radius 1 is 1.12 bits per heavy atom. The van der Waals surface area contributed by atoms with Crippen LogP contribution < -0.4 is 10.1 Å². The predicted molar refractivity (Wildman–Crippen MR) is 91.5 cm³/mol. The average molecular weight is 372 g/mol. The van der Waals surface area contributed by atoms with Crippen molar-refractivity contribution in [3.05, 3.63) is 28.8 Å². The highest BCUT2D eigenvalue weighted by Crippen LogP contribution is 2.28. The average Bonchev–Trinajstić information content (AvgIpc) is 2.55. The van der Waals surface area contributed by atoms with E-state index >= 15 is 0 Å². The SMILES string of the molecule is CCOC(=O)C(Cc1ccc(Cl)c(OC)c1)(NC(C)=O)C(=O)OCC. The molecule has 1 rings (SSSR count). The fourth-order valence-corrected chi connectivity index (χ4v) is 2.50. The predicted octanol–water partition coefficient (Wildman–Crippen LogP) is 1.89. The summed E-state index contributed by atoms with van der Waals surface area (Å²) in [6.45, 7) is 4.50. The van der Waals surface area contributed by atoms with E-state index in [1.807, 2.05) is 0 Å². The second-order valence-corrected chi connectivity index (χ2v) is 5.58. The minimum absolute atomic E-state index is 0.0452. The lowest BCUT2D eigenvalue weighted by Gasteiger charge is -2.29. The first-order chi connectivity index (χ1) is 11.8. The normalized spacial score (nSPS) is 10.8. The zero-order valence-electron chi connectivity index (χ0n) is 14.7. The van der Waals surface area contributed by atoms with Crippen LogP contribution in [0, 0.1) is 0 Å². The molecule has 1 aromatic rings. The van der Waals surface area contributed by atoms with Gasteiger partial charge in [0.05, 0.1) is 25.3 Å². The summed E-state index contributed by atoms with van der Waals surface area (Å²) in [5.41, 5.74) is -1.45. The van der Waals surface area contributed by atoms with E-state index in [-0.39, 0.29) is 19.6 Å². The maximum absolute atomic E-state index is 12.5. The fraction of sp³-hybridized carbons (Fsp3) is 0.471. The lowest BCUT2D eigenvalue weighted by molar-refractivity contribution is -0.168. The van der Waals surface area contributed by atoms with Crippen molar-refractivity contribution in [2.24, 2.45) is 0 Å². The molecule has 0 aliphatic heterocycles. The summed E-state index contributed by atoms with van der Waals surface area (Å²) in [6.07, 6.45) is -0.169. The maximum atomic E-state index is 12.5. The van der Waals surface area contributed by atoms with E-state index in [1.165, 1.54) is 14.0 Å². The number of hydrogen-bond acceptors (Lipinski definition) is 6. The molecule has 25 heavy (non-hydrogen) atoms. The Morgan fingerprint density at radius 3 is 2.12 bits per heavy atom. The van der Waals surface area contributed by atoms with Gasteiger partial charge in [-0.05, 0) is 31.5 Å². The molecule has 0 atom stereocenters. The first kappa shape index (κ1) is 20.8. The molecule has 0 bridgehead atoms. The number of hydrogen-bond donors (Lipinski definition) is 1. The summed E-state index contributed by atoms with van der Waals surface area (Å²) < 4.78 is 15.2. The maximum Gasteiger partial charge on any atom is 0.344 e. The summed E-state index contributed by atoms with van der Waals surface area (Å²) in [7, 11) is 1.45. The monoisotopic (exact) mass is 371 g/mol. The molecule has 0 heterocycles. The van der Waals surface area contributed by atoms with E-state index < -0.39 is 23.4 Å². The summed E-state index contributed by atoms with van der Waals surface area (Å²) in [4.78, 5) is 36.8. The molecule has 1 aromatic carbocycles. The van der Waals surface area contributed by atoms with Crippen LogP contribution in [0.4, 0.5) is 0 Å². The van der Waals surface area contributed by atoms with Gasteiger partial charge in [0, 0.05) is 13.3 Å². The molecular weight excluding hydrogens is 350 g/mol. The van der Waals surface area contributed by atoms with Crippen LogP contribution in [0.1, 0.15) is 26.3 Å². The molecule has 0 spiro atoms. The van der Waals surface area contributed by atoms with E-state index in [2.05, 4.69) is 5.32 Å². The third-order valence-corrected chi connectivity index (χ3v) is 3.63. The van der Waals surface area contributed by atoms with Gasteiger partial charge in [-0.25, -0.2) is 9.59 Å². The van der Waals surface area contributed by atoms with Gasteiger partial charge in [0.25, 0.3) is 0 Å². The Balaban J connectivity index is 3.38. The van der Waals surface area contributed by atoms with Crippen LogP contribution in [-0.4, -0.2) is 43.7 Å². The van der Waals surface area contributed by atoms with Crippen molar-refractivity contribution < 1.29 is 28.6 Å². The van der Waals surface area contributed by atoms with Crippen LogP contribution in [-0.2, 0) is 30.3 Å². The van der Waals surface area contributed by atoms with E-state index in [1.54, 1.807) is 32.0 Å². The number of esters is 2. The van der Waals surface area contributed by atoms with E-state index in [4.69, 9.17) is 25.8 Å². The Bertz CT molecular complexity index is 628. The quantitative estimate of drug-likeness (QED) is 0.554. The minimum atomic E-state index is -1.99. The van der Waals surface area contributed by atoms with Gasteiger partial charge in [0.15, 0.2) is 0 Å². The highest BCUT2D eigenvalue weighted by molar-refractivity contribution is 6.32. The third kappa shape index (κ3) is 5.09. The van der Waals surface area contributed by atoms with Crippen molar-refractivity contribution in [2.75, 3.05) is 20.3 Å². The smallest absolute Gasteiger partial charge is 0.344 e. The minimum Gasteiger partial charge on any atom is -0.495 e. The molecule has 0 aromatic heterocycles. The number of halogens is 1. The van der Waals surface area contributed by atoms with Crippen LogP contribution in [0.5, 0.6) is 5.75 Å². The zero-order chi connectivity index (χ0) is 19.0. The Labute approximate surface area is 151 Å². The Morgan fingerprint density at radius 2 is 1.68 bits per heavy atom. The van der Waals surface area contributed by atoms with Crippen molar-refractivity contribution in [1.29, 1.82) is 0 Å². The van der Waals surface area contributed by atoms with Gasteiger partial charge in [-0.1, -0.05) is 17.7 Å². The second kappa shape index (κ2) is 9.27. The Kier molecular flexibility index (Phi) is 7.70. The lowest BCUT2D eigenvalue weighted by Crippen LogP contribution is -2.62. The highest BCUT2D eigenvalue weighted by Gasteiger charge is 2.50. The molecule has 0 unspecified atom stereocenters. The van der Waals surface area contributed by atoms with Crippen LogP contribution in [0.15, 0.2) is 18.2 Å². The molecule has 0 aliphatic carbocycles. The van der Waals surface area contributed by atoms with Gasteiger partial charge in [0.1, 0.15) is 5.75 Å². The topological polar surface area (TPSA) is 90.9 Å². The molecule has 0 fully saturated rings. The number of rotatable bonds is 8. The molecule has 1 amide bonds. The molecule has 1 N–H and O–H groups in total. The first-order valence-electron chi connectivity index (χ1n) is 7.76. The van der Waals surface area contributed by atoms with Gasteiger partial charge in [-0.2, -0.15) is 0 Å². The summed E-state index contributed by atoms with van der Waals surface area (Å²) in [6, 6.07) is 4.78. The van der Waals surface area contributed by atoms with Crippen molar-refractivity contribution in [3.8, 4) is 5.75 Å². The van der Waals surface area contributed by atoms with E-state index in [0.29, 0.717) is 16.3 Å². The van der Waals surface area contributed by atoms with Crippen LogP contribution in [0.25, 0.3) is 0 Å². The Hall–Kier alpha value is -2.28. The summed E-state index contributed by atoms with van der Waals surface area (Å²) in [5, 5.41) is 2.78. The summed E-state index contributed by atoms with van der Waals surface area (Å²) >= 11 is 6.00. The molecule has 0 saturated heterocycles. The highest BCUT2D eigenvalue weighted by atomic mass is 35.5. The van der Waals surface area contributed by atoms with Crippen molar-refractivity contribution in [1.82, 2.24) is 5.32 Å². The standard InChI is InChI=1S/C17H22ClNO6/c1-5-24-15(21)17(19-11(3)20,16(22)25-6-2)10-12-7-8-13(18)14(9-12)23-4/h7-9H,5-6,10H2,1-4H3,(H,19,20). The van der Waals surface area contributed by atoms with Crippen molar-refractivity contribution in [3.63, 3.8) is 0 Å². The fourth-order valence-electron chi connectivity index (χ4n) is 2.30. The summed E-state index contributed by atoms with van der Waals surface area (Å²) in [5.74, 6) is -1.97. The zero-order valence-corrected chi connectivity index (χ0v) is 15.4. The van der Waals surface area contributed by atoms with Crippen LogP contribution in [0.3, 0.4) is 0 Å². The molecule has 7 nitrogen and oxygen atoms in total. The number of carbonyl (C=O) groups excluding carboxylic acids is 3. The van der Waals surface area contributed by atoms with E-state index in [9.17, 15) is 14.4 Å². The lowest BCUT2D eigenvalue weighted by atomic mass is 9.90. The number of benzene rings is 1. The first-order valence-corrected chi connectivity index (χ1v) is 8.14. The van der Waals surface area contributed by atoms with Crippen molar-refractivity contribution in [2.45, 2.75) is 32.7 Å².